The molecule has 0 saturated carbocycles. The van der Waals surface area contributed by atoms with Crippen molar-refractivity contribution in [1.29, 1.82) is 0 Å². The maximum absolute atomic E-state index is 13.8. The molecule has 0 bridgehead atoms. The predicted octanol–water partition coefficient (Wildman–Crippen LogP) is 1.05. The van der Waals surface area contributed by atoms with E-state index in [4.69, 9.17) is 0 Å². The third-order valence-electron chi connectivity index (χ3n) is 4.33. The van der Waals surface area contributed by atoms with Gasteiger partial charge in [0.15, 0.2) is 0 Å². The largest absolute Gasteiger partial charge is 0.344 e. The molecule has 2 fully saturated rings. The number of para-hydroxylation sites is 1. The molecule has 2 amide bonds. The van der Waals surface area contributed by atoms with Gasteiger partial charge in [-0.15, -0.1) is 0 Å². The minimum atomic E-state index is -0.547. The minimum Gasteiger partial charge on any atom is -0.344 e. The van der Waals surface area contributed by atoms with Crippen molar-refractivity contribution in [3.05, 3.63) is 30.1 Å². The molecule has 0 spiro atoms. The topological polar surface area (TPSA) is 61.4 Å². The number of hydrogen-bond donors (Lipinski definition) is 2. The van der Waals surface area contributed by atoms with E-state index in [9.17, 15) is 14.0 Å². The number of halogens is 1. The Balaban J connectivity index is 1.64. The Morgan fingerprint density at radius 3 is 2.86 bits per heavy atom. The molecule has 1 aromatic rings. The molecule has 2 aliphatic rings. The van der Waals surface area contributed by atoms with E-state index in [1.165, 1.54) is 11.0 Å². The van der Waals surface area contributed by atoms with Crippen molar-refractivity contribution in [2.75, 3.05) is 24.5 Å². The van der Waals surface area contributed by atoms with Crippen LogP contribution in [0.4, 0.5) is 10.1 Å². The maximum atomic E-state index is 13.8. The van der Waals surface area contributed by atoms with Crippen LogP contribution < -0.4 is 15.5 Å². The first-order chi connectivity index (χ1) is 10.7. The number of hydrogen-bond acceptors (Lipinski definition) is 3. The van der Waals surface area contributed by atoms with Crippen LogP contribution in [0.25, 0.3) is 0 Å². The van der Waals surface area contributed by atoms with Crippen molar-refractivity contribution in [1.82, 2.24) is 10.6 Å². The van der Waals surface area contributed by atoms with Crippen LogP contribution in [-0.2, 0) is 9.59 Å². The van der Waals surface area contributed by atoms with E-state index < -0.39 is 11.9 Å². The molecule has 1 aromatic carbocycles. The van der Waals surface area contributed by atoms with Gasteiger partial charge >= 0.3 is 0 Å². The Hall–Kier alpha value is -1.95. The van der Waals surface area contributed by atoms with E-state index in [1.54, 1.807) is 18.2 Å². The summed E-state index contributed by atoms with van der Waals surface area (Å²) in [6.45, 7) is 2.02. The lowest BCUT2D eigenvalue weighted by atomic mass is 9.98. The zero-order valence-electron chi connectivity index (χ0n) is 12.3. The standard InChI is InChI=1S/C16H20FN3O2/c17-12-5-1-2-6-14(12)20-9-7-13(16(20)22)19-15(21)11-4-3-8-18-10-11/h1-2,5-6,11,13,18H,3-4,7-10H2,(H,19,21). The average molecular weight is 305 g/mol. The zero-order chi connectivity index (χ0) is 15.5. The molecule has 2 saturated heterocycles. The van der Waals surface area contributed by atoms with E-state index in [0.717, 1.165) is 19.4 Å². The minimum absolute atomic E-state index is 0.0796. The van der Waals surface area contributed by atoms with E-state index in [-0.39, 0.29) is 23.4 Å². The normalized spacial score (nSPS) is 25.3. The number of rotatable bonds is 3. The van der Waals surface area contributed by atoms with Crippen LogP contribution in [-0.4, -0.2) is 37.5 Å². The third-order valence-corrected chi connectivity index (χ3v) is 4.33. The van der Waals surface area contributed by atoms with Gasteiger partial charge in [0, 0.05) is 13.1 Å². The van der Waals surface area contributed by atoms with Gasteiger partial charge in [-0.05, 0) is 37.9 Å². The van der Waals surface area contributed by atoms with Crippen LogP contribution in [0.2, 0.25) is 0 Å². The molecule has 2 heterocycles. The highest BCUT2D eigenvalue weighted by molar-refractivity contribution is 6.01. The van der Waals surface area contributed by atoms with Gasteiger partial charge in [-0.1, -0.05) is 12.1 Å². The van der Waals surface area contributed by atoms with Crippen molar-refractivity contribution < 1.29 is 14.0 Å². The summed E-state index contributed by atoms with van der Waals surface area (Å²) >= 11 is 0. The van der Waals surface area contributed by atoms with E-state index in [2.05, 4.69) is 10.6 Å². The highest BCUT2D eigenvalue weighted by Crippen LogP contribution is 2.24. The number of carbonyl (C=O) groups excluding carboxylic acids is 2. The molecular formula is C16H20FN3O2. The summed E-state index contributed by atoms with van der Waals surface area (Å²) in [7, 11) is 0. The van der Waals surface area contributed by atoms with Gasteiger partial charge < -0.3 is 15.5 Å². The van der Waals surface area contributed by atoms with Gasteiger partial charge in [0.25, 0.3) is 0 Å². The molecule has 2 unspecified atom stereocenters. The summed E-state index contributed by atoms with van der Waals surface area (Å²) in [6, 6.07) is 5.67. The third kappa shape index (κ3) is 2.97. The zero-order valence-corrected chi connectivity index (χ0v) is 12.3. The first-order valence-electron chi connectivity index (χ1n) is 7.74. The quantitative estimate of drug-likeness (QED) is 0.877. The second kappa shape index (κ2) is 6.44. The van der Waals surface area contributed by atoms with Crippen molar-refractivity contribution in [3.8, 4) is 0 Å². The molecule has 22 heavy (non-hydrogen) atoms. The molecule has 2 atom stereocenters. The second-order valence-corrected chi connectivity index (χ2v) is 5.83. The van der Waals surface area contributed by atoms with E-state index in [1.807, 2.05) is 0 Å². The molecule has 6 heteroatoms. The van der Waals surface area contributed by atoms with E-state index >= 15 is 0 Å². The summed E-state index contributed by atoms with van der Waals surface area (Å²) in [6.07, 6.45) is 2.33. The highest BCUT2D eigenvalue weighted by atomic mass is 19.1. The van der Waals surface area contributed by atoms with Gasteiger partial charge in [0.1, 0.15) is 11.9 Å². The molecule has 2 N–H and O–H groups in total. The van der Waals surface area contributed by atoms with Crippen molar-refractivity contribution in [2.45, 2.75) is 25.3 Å². The molecule has 2 aliphatic heterocycles. The van der Waals surface area contributed by atoms with Crippen LogP contribution in [0, 0.1) is 11.7 Å². The molecule has 5 nitrogen and oxygen atoms in total. The Morgan fingerprint density at radius 1 is 1.32 bits per heavy atom. The van der Waals surface area contributed by atoms with Crippen molar-refractivity contribution in [2.24, 2.45) is 5.92 Å². The molecule has 0 radical (unpaired) electrons. The van der Waals surface area contributed by atoms with Gasteiger partial charge in [0.05, 0.1) is 11.6 Å². The fourth-order valence-corrected chi connectivity index (χ4v) is 3.09. The maximum Gasteiger partial charge on any atom is 0.249 e. The fraction of sp³-hybridized carbons (Fsp3) is 0.500. The molecule has 3 rings (SSSR count). The second-order valence-electron chi connectivity index (χ2n) is 5.83. The number of benzene rings is 1. The summed E-state index contributed by atoms with van der Waals surface area (Å²) in [5, 5.41) is 6.01. The van der Waals surface area contributed by atoms with Gasteiger partial charge in [0.2, 0.25) is 11.8 Å². The SMILES string of the molecule is O=C(NC1CCN(c2ccccc2F)C1=O)C1CCCNC1. The average Bonchev–Trinajstić information content (AvgIpc) is 2.90. The summed E-state index contributed by atoms with van der Waals surface area (Å²) < 4.78 is 13.8. The van der Waals surface area contributed by atoms with Crippen molar-refractivity contribution in [3.63, 3.8) is 0 Å². The Bertz CT molecular complexity index is 572. The summed E-state index contributed by atoms with van der Waals surface area (Å²) in [5.74, 6) is -0.813. The molecule has 118 valence electrons. The molecular weight excluding hydrogens is 285 g/mol. The van der Waals surface area contributed by atoms with Crippen LogP contribution in [0.3, 0.4) is 0 Å². The summed E-state index contributed by atoms with van der Waals surface area (Å²) in [5.41, 5.74) is 0.281. The van der Waals surface area contributed by atoms with Crippen LogP contribution >= 0.6 is 0 Å². The fourth-order valence-electron chi connectivity index (χ4n) is 3.09. The van der Waals surface area contributed by atoms with Gasteiger partial charge in [-0.25, -0.2) is 4.39 Å². The number of amides is 2. The molecule has 0 aliphatic carbocycles. The Morgan fingerprint density at radius 2 is 2.14 bits per heavy atom. The number of anilines is 1. The van der Waals surface area contributed by atoms with Crippen LogP contribution in [0.15, 0.2) is 24.3 Å². The van der Waals surface area contributed by atoms with Crippen LogP contribution in [0.1, 0.15) is 19.3 Å². The number of carbonyl (C=O) groups is 2. The smallest absolute Gasteiger partial charge is 0.249 e. The lowest BCUT2D eigenvalue weighted by Crippen LogP contribution is -2.47. The lowest BCUT2D eigenvalue weighted by Gasteiger charge is -2.23. The lowest BCUT2D eigenvalue weighted by molar-refractivity contribution is -0.129. The number of nitrogens with zero attached hydrogens (tertiary/aromatic N) is 1. The van der Waals surface area contributed by atoms with Crippen molar-refractivity contribution >= 4 is 17.5 Å². The van der Waals surface area contributed by atoms with Gasteiger partial charge in [-0.3, -0.25) is 9.59 Å². The molecule has 0 aromatic heterocycles. The monoisotopic (exact) mass is 305 g/mol. The highest BCUT2D eigenvalue weighted by Gasteiger charge is 2.36. The number of nitrogens with one attached hydrogen (secondary N) is 2. The predicted molar refractivity (Wildman–Crippen MR) is 80.9 cm³/mol. The van der Waals surface area contributed by atoms with E-state index in [0.29, 0.717) is 19.5 Å². The summed E-state index contributed by atoms with van der Waals surface area (Å²) in [4.78, 5) is 26.0. The Kier molecular flexibility index (Phi) is 4.38. The van der Waals surface area contributed by atoms with Crippen LogP contribution in [0.5, 0.6) is 0 Å². The first-order valence-corrected chi connectivity index (χ1v) is 7.74. The number of piperidine rings is 1. The first kappa shape index (κ1) is 15.0. The Labute approximate surface area is 128 Å². The van der Waals surface area contributed by atoms with Gasteiger partial charge in [-0.2, -0.15) is 0 Å².